The molecule has 0 aliphatic rings. The summed E-state index contributed by atoms with van der Waals surface area (Å²) in [6.07, 6.45) is 3.15. The van der Waals surface area contributed by atoms with Gasteiger partial charge in [0.2, 0.25) is 5.43 Å². The van der Waals surface area contributed by atoms with Crippen LogP contribution in [-0.4, -0.2) is 17.0 Å². The van der Waals surface area contributed by atoms with Crippen molar-refractivity contribution < 1.29 is 4.79 Å². The summed E-state index contributed by atoms with van der Waals surface area (Å²) in [4.78, 5) is 24.7. The first-order chi connectivity index (χ1) is 9.97. The fourth-order valence-corrected chi connectivity index (χ4v) is 2.27. The molecule has 0 bridgehead atoms. The number of pyridine rings is 1. The maximum atomic E-state index is 12.5. The molecule has 2 rings (SSSR count). The second kappa shape index (κ2) is 5.83. The molecule has 21 heavy (non-hydrogen) atoms. The summed E-state index contributed by atoms with van der Waals surface area (Å²) in [5.74, 6) is -0.417. The van der Waals surface area contributed by atoms with E-state index in [1.54, 1.807) is 24.4 Å². The van der Waals surface area contributed by atoms with Gasteiger partial charge in [0.1, 0.15) is 5.56 Å². The van der Waals surface area contributed by atoms with Crippen molar-refractivity contribution in [2.24, 2.45) is 0 Å². The van der Waals surface area contributed by atoms with Crippen molar-refractivity contribution in [3.63, 3.8) is 0 Å². The molecule has 1 amide bonds. The van der Waals surface area contributed by atoms with Gasteiger partial charge in [0.15, 0.2) is 0 Å². The first-order valence-electron chi connectivity index (χ1n) is 6.79. The van der Waals surface area contributed by atoms with Crippen LogP contribution in [0.5, 0.6) is 0 Å². The van der Waals surface area contributed by atoms with E-state index in [4.69, 9.17) is 5.73 Å². The van der Waals surface area contributed by atoms with Gasteiger partial charge in [-0.3, -0.25) is 9.59 Å². The molecule has 1 heterocycles. The first kappa shape index (κ1) is 14.8. The van der Waals surface area contributed by atoms with Crippen LogP contribution < -0.4 is 16.5 Å². The number of nitrogens with two attached hydrogens (primary N) is 1. The van der Waals surface area contributed by atoms with Crippen molar-refractivity contribution in [1.29, 1.82) is 0 Å². The zero-order valence-corrected chi connectivity index (χ0v) is 12.2. The van der Waals surface area contributed by atoms with Gasteiger partial charge < -0.3 is 15.6 Å². The van der Waals surface area contributed by atoms with Crippen molar-refractivity contribution in [1.82, 2.24) is 9.88 Å². The third-order valence-electron chi connectivity index (χ3n) is 3.30. The number of hydrogen-bond donors (Lipinski definition) is 2. The van der Waals surface area contributed by atoms with Gasteiger partial charge >= 0.3 is 0 Å². The number of benzene rings is 1. The number of rotatable bonds is 4. The topological polar surface area (TPSA) is 77.1 Å². The number of nitrogens with zero attached hydrogens (tertiary/aromatic N) is 1. The molecule has 3 N–H and O–H groups in total. The van der Waals surface area contributed by atoms with Gasteiger partial charge in [-0.25, -0.2) is 0 Å². The van der Waals surface area contributed by atoms with E-state index in [0.29, 0.717) is 17.6 Å². The highest BCUT2D eigenvalue weighted by Gasteiger charge is 2.17. The molecule has 0 saturated carbocycles. The monoisotopic (exact) mass is 285 g/mol. The van der Waals surface area contributed by atoms with Gasteiger partial charge in [0, 0.05) is 24.5 Å². The number of nitrogens with one attached hydrogen (secondary N) is 1. The van der Waals surface area contributed by atoms with E-state index in [2.05, 4.69) is 11.9 Å². The Kier molecular flexibility index (Phi) is 4.12. The smallest absolute Gasteiger partial charge is 0.257 e. The van der Waals surface area contributed by atoms with E-state index in [0.717, 1.165) is 5.52 Å². The Hall–Kier alpha value is -2.56. The summed E-state index contributed by atoms with van der Waals surface area (Å²) in [6.45, 7) is 7.82. The van der Waals surface area contributed by atoms with Gasteiger partial charge in [-0.15, -0.1) is 6.58 Å². The normalized spacial score (nSPS) is 10.8. The molecular formula is C16H19N3O2. The van der Waals surface area contributed by atoms with Crippen molar-refractivity contribution >= 4 is 22.5 Å². The summed E-state index contributed by atoms with van der Waals surface area (Å²) in [7, 11) is 0. The van der Waals surface area contributed by atoms with Gasteiger partial charge in [0.05, 0.1) is 10.9 Å². The largest absolute Gasteiger partial charge is 0.398 e. The Balaban J connectivity index is 2.76. The summed E-state index contributed by atoms with van der Waals surface area (Å²) in [5, 5.41) is 3.02. The highest BCUT2D eigenvalue weighted by Crippen LogP contribution is 2.21. The maximum Gasteiger partial charge on any atom is 0.257 e. The average Bonchev–Trinajstić information content (AvgIpc) is 2.44. The Morgan fingerprint density at radius 2 is 2.19 bits per heavy atom. The second-order valence-electron chi connectivity index (χ2n) is 5.11. The zero-order chi connectivity index (χ0) is 15.6. The van der Waals surface area contributed by atoms with Crippen molar-refractivity contribution in [3.05, 3.63) is 52.8 Å². The van der Waals surface area contributed by atoms with E-state index in [-0.39, 0.29) is 17.0 Å². The number of carbonyl (C=O) groups excluding carboxylic acids is 1. The molecule has 5 heteroatoms. The molecule has 0 radical (unpaired) electrons. The van der Waals surface area contributed by atoms with Crippen molar-refractivity contribution in [2.45, 2.75) is 19.9 Å². The molecule has 110 valence electrons. The number of hydrogen-bond acceptors (Lipinski definition) is 3. The Morgan fingerprint density at radius 3 is 2.81 bits per heavy atom. The minimum Gasteiger partial charge on any atom is -0.398 e. The van der Waals surface area contributed by atoms with Crippen LogP contribution in [0.25, 0.3) is 10.9 Å². The number of anilines is 1. The molecule has 1 aromatic carbocycles. The lowest BCUT2D eigenvalue weighted by molar-refractivity contribution is 0.0956. The summed E-state index contributed by atoms with van der Waals surface area (Å²) < 4.78 is 1.88. The fourth-order valence-electron chi connectivity index (χ4n) is 2.27. The predicted molar refractivity (Wildman–Crippen MR) is 85.5 cm³/mol. The quantitative estimate of drug-likeness (QED) is 0.667. The molecule has 0 atom stereocenters. The maximum absolute atomic E-state index is 12.5. The summed E-state index contributed by atoms with van der Waals surface area (Å²) in [5.41, 5.74) is 6.79. The molecule has 2 aromatic rings. The Bertz CT molecular complexity index is 760. The van der Waals surface area contributed by atoms with Crippen LogP contribution in [0.4, 0.5) is 5.69 Å². The van der Waals surface area contributed by atoms with Crippen LogP contribution in [0.2, 0.25) is 0 Å². The molecule has 0 aliphatic heterocycles. The van der Waals surface area contributed by atoms with Crippen molar-refractivity contribution in [2.75, 3.05) is 12.3 Å². The number of fused-ring (bicyclic) bond motifs is 1. The Morgan fingerprint density at radius 1 is 1.48 bits per heavy atom. The van der Waals surface area contributed by atoms with E-state index in [9.17, 15) is 9.59 Å². The van der Waals surface area contributed by atoms with Crippen molar-refractivity contribution in [3.8, 4) is 0 Å². The van der Waals surface area contributed by atoms with Gasteiger partial charge in [-0.1, -0.05) is 12.1 Å². The summed E-state index contributed by atoms with van der Waals surface area (Å²) in [6, 6.07) is 5.40. The number of amides is 1. The highest BCUT2D eigenvalue weighted by molar-refractivity contribution is 6.00. The Labute approximate surface area is 123 Å². The highest BCUT2D eigenvalue weighted by atomic mass is 16.2. The van der Waals surface area contributed by atoms with Crippen LogP contribution in [0, 0.1) is 0 Å². The lowest BCUT2D eigenvalue weighted by Crippen LogP contribution is -2.30. The van der Waals surface area contributed by atoms with Crippen LogP contribution in [0.3, 0.4) is 0 Å². The minimum atomic E-state index is -0.417. The third-order valence-corrected chi connectivity index (χ3v) is 3.30. The number of carbonyl (C=O) groups is 1. The molecule has 0 unspecified atom stereocenters. The lowest BCUT2D eigenvalue weighted by atomic mass is 10.1. The molecular weight excluding hydrogens is 266 g/mol. The van der Waals surface area contributed by atoms with Crippen LogP contribution in [0.15, 0.2) is 41.8 Å². The van der Waals surface area contributed by atoms with Crippen LogP contribution >= 0.6 is 0 Å². The number of aromatic nitrogens is 1. The standard InChI is InChI=1S/C16H19N3O2/c1-4-8-18-16(21)11-9-19(10(2)3)13-7-5-6-12(17)14(13)15(11)20/h4-7,9-10H,1,8,17H2,2-3H3,(H,18,21). The second-order valence-corrected chi connectivity index (χ2v) is 5.11. The zero-order valence-electron chi connectivity index (χ0n) is 12.2. The molecule has 1 aromatic heterocycles. The molecule has 5 nitrogen and oxygen atoms in total. The fraction of sp³-hybridized carbons (Fsp3) is 0.250. The van der Waals surface area contributed by atoms with Crippen LogP contribution in [0.1, 0.15) is 30.2 Å². The first-order valence-corrected chi connectivity index (χ1v) is 6.79. The van der Waals surface area contributed by atoms with E-state index >= 15 is 0 Å². The number of nitrogen functional groups attached to an aromatic ring is 1. The van der Waals surface area contributed by atoms with E-state index < -0.39 is 5.91 Å². The molecule has 0 saturated heterocycles. The molecule has 0 aliphatic carbocycles. The molecule has 0 spiro atoms. The van der Waals surface area contributed by atoms with Crippen LogP contribution in [-0.2, 0) is 0 Å². The average molecular weight is 285 g/mol. The van der Waals surface area contributed by atoms with Gasteiger partial charge in [-0.05, 0) is 26.0 Å². The van der Waals surface area contributed by atoms with Gasteiger partial charge in [-0.2, -0.15) is 0 Å². The third kappa shape index (κ3) is 2.67. The summed E-state index contributed by atoms with van der Waals surface area (Å²) >= 11 is 0. The van der Waals surface area contributed by atoms with E-state index in [1.165, 1.54) is 0 Å². The SMILES string of the molecule is C=CCNC(=O)c1cn(C(C)C)c2cccc(N)c2c1=O. The lowest BCUT2D eigenvalue weighted by Gasteiger charge is -2.17. The van der Waals surface area contributed by atoms with E-state index in [1.807, 2.05) is 24.5 Å². The molecule has 0 fully saturated rings. The minimum absolute atomic E-state index is 0.0935. The predicted octanol–water partition coefficient (Wildman–Crippen LogP) is 2.08. The van der Waals surface area contributed by atoms with Gasteiger partial charge in [0.25, 0.3) is 5.91 Å².